The summed E-state index contributed by atoms with van der Waals surface area (Å²) in [5.41, 5.74) is 1.56. The zero-order valence-corrected chi connectivity index (χ0v) is 10.9. The van der Waals surface area contributed by atoms with Crippen molar-refractivity contribution in [1.82, 2.24) is 0 Å². The summed E-state index contributed by atoms with van der Waals surface area (Å²) in [5.74, 6) is 1.26. The number of allylic oxidation sites excluding steroid dienone is 2. The molecule has 18 heavy (non-hydrogen) atoms. The summed E-state index contributed by atoms with van der Waals surface area (Å²) in [6.07, 6.45) is 4.41. The van der Waals surface area contributed by atoms with Crippen LogP contribution in [0, 0.1) is 0 Å². The molecule has 3 nitrogen and oxygen atoms in total. The molecule has 98 valence electrons. The number of aliphatic hydroxyl groups excluding tert-OH is 2. The summed E-state index contributed by atoms with van der Waals surface area (Å²) >= 11 is 0. The molecule has 0 radical (unpaired) electrons. The number of ether oxygens (including phenoxy) is 1. The minimum Gasteiger partial charge on any atom is -0.457 e. The van der Waals surface area contributed by atoms with E-state index in [-0.39, 0.29) is 13.2 Å². The topological polar surface area (TPSA) is 49.7 Å². The Morgan fingerprint density at radius 3 is 2.56 bits per heavy atom. The summed E-state index contributed by atoms with van der Waals surface area (Å²) in [6, 6.07) is 7.32. The Morgan fingerprint density at radius 1 is 1.28 bits per heavy atom. The predicted octanol–water partition coefficient (Wildman–Crippen LogP) is 2.79. The fourth-order valence-electron chi connectivity index (χ4n) is 1.59. The molecule has 0 spiro atoms. The first-order valence-electron chi connectivity index (χ1n) is 6.09. The van der Waals surface area contributed by atoms with E-state index in [2.05, 4.69) is 0 Å². The Labute approximate surface area is 108 Å². The van der Waals surface area contributed by atoms with Crippen LogP contribution in [-0.2, 0) is 6.61 Å². The Bertz CT molecular complexity index is 427. The standard InChI is InChI=1S/C15H20O3/c1-3-7-14(12(4-2)10-16)18-15-9-6-5-8-13(15)11-17/h3,5-9,16-17H,4,10-11H2,1-2H3/b7-3-,14-12-. The maximum atomic E-state index is 9.31. The number of aliphatic hydroxyl groups is 2. The molecule has 0 unspecified atom stereocenters. The van der Waals surface area contributed by atoms with E-state index in [0.29, 0.717) is 11.5 Å². The van der Waals surface area contributed by atoms with Crippen LogP contribution in [0.15, 0.2) is 47.7 Å². The quantitative estimate of drug-likeness (QED) is 0.601. The van der Waals surface area contributed by atoms with Crippen LogP contribution in [0.25, 0.3) is 0 Å². The van der Waals surface area contributed by atoms with Crippen LogP contribution in [0.3, 0.4) is 0 Å². The molecule has 2 N–H and O–H groups in total. The van der Waals surface area contributed by atoms with Crippen LogP contribution < -0.4 is 4.74 Å². The lowest BCUT2D eigenvalue weighted by Crippen LogP contribution is -2.03. The lowest BCUT2D eigenvalue weighted by atomic mass is 10.1. The highest BCUT2D eigenvalue weighted by molar-refractivity contribution is 5.36. The first-order chi connectivity index (χ1) is 8.76. The molecule has 3 heteroatoms. The van der Waals surface area contributed by atoms with Gasteiger partial charge < -0.3 is 14.9 Å². The van der Waals surface area contributed by atoms with Crippen LogP contribution >= 0.6 is 0 Å². The van der Waals surface area contributed by atoms with Crippen LogP contribution in [-0.4, -0.2) is 16.8 Å². The smallest absolute Gasteiger partial charge is 0.132 e. The zero-order chi connectivity index (χ0) is 13.4. The fraction of sp³-hybridized carbons (Fsp3) is 0.333. The SMILES string of the molecule is C/C=C\C(Oc1ccccc1CO)=C(/CC)CO. The van der Waals surface area contributed by atoms with Gasteiger partial charge in [0, 0.05) is 5.56 Å². The van der Waals surface area contributed by atoms with Crippen molar-refractivity contribution in [1.29, 1.82) is 0 Å². The molecule has 0 aromatic heterocycles. The van der Waals surface area contributed by atoms with Gasteiger partial charge in [0.15, 0.2) is 0 Å². The van der Waals surface area contributed by atoms with Gasteiger partial charge in [-0.15, -0.1) is 0 Å². The minimum absolute atomic E-state index is 0.0303. The highest BCUT2D eigenvalue weighted by Gasteiger charge is 2.07. The minimum atomic E-state index is -0.0696. The second-order valence-electron chi connectivity index (χ2n) is 3.85. The molecule has 0 bridgehead atoms. The van der Waals surface area contributed by atoms with Crippen molar-refractivity contribution in [3.63, 3.8) is 0 Å². The molecule has 0 amide bonds. The summed E-state index contributed by atoms with van der Waals surface area (Å²) in [6.45, 7) is 3.76. The van der Waals surface area contributed by atoms with Gasteiger partial charge in [0.05, 0.1) is 13.2 Å². The third-order valence-electron chi connectivity index (χ3n) is 2.65. The van der Waals surface area contributed by atoms with Crippen LogP contribution in [0.1, 0.15) is 25.8 Å². The van der Waals surface area contributed by atoms with E-state index >= 15 is 0 Å². The van der Waals surface area contributed by atoms with Gasteiger partial charge in [-0.2, -0.15) is 0 Å². The van der Waals surface area contributed by atoms with Crippen molar-refractivity contribution in [2.24, 2.45) is 0 Å². The van der Waals surface area contributed by atoms with E-state index in [0.717, 1.165) is 17.6 Å². The molecule has 0 fully saturated rings. The largest absolute Gasteiger partial charge is 0.457 e. The highest BCUT2D eigenvalue weighted by atomic mass is 16.5. The second-order valence-corrected chi connectivity index (χ2v) is 3.85. The van der Waals surface area contributed by atoms with Gasteiger partial charge in [-0.1, -0.05) is 31.2 Å². The van der Waals surface area contributed by atoms with Gasteiger partial charge in [0.1, 0.15) is 11.5 Å². The first kappa shape index (κ1) is 14.5. The van der Waals surface area contributed by atoms with E-state index in [9.17, 15) is 10.2 Å². The molecule has 1 rings (SSSR count). The molecular formula is C15H20O3. The molecule has 0 aliphatic rings. The van der Waals surface area contributed by atoms with Gasteiger partial charge in [-0.25, -0.2) is 0 Å². The maximum absolute atomic E-state index is 9.31. The Balaban J connectivity index is 3.07. The molecule has 0 saturated carbocycles. The van der Waals surface area contributed by atoms with E-state index < -0.39 is 0 Å². The lowest BCUT2D eigenvalue weighted by Gasteiger charge is -2.13. The third kappa shape index (κ3) is 3.72. The van der Waals surface area contributed by atoms with Gasteiger partial charge in [0.25, 0.3) is 0 Å². The van der Waals surface area contributed by atoms with E-state index in [1.165, 1.54) is 0 Å². The number of rotatable bonds is 6. The van der Waals surface area contributed by atoms with Crippen molar-refractivity contribution in [2.75, 3.05) is 6.61 Å². The molecule has 1 aromatic rings. The highest BCUT2D eigenvalue weighted by Crippen LogP contribution is 2.22. The summed E-state index contributed by atoms with van der Waals surface area (Å²) in [7, 11) is 0. The second kappa shape index (κ2) is 7.69. The zero-order valence-electron chi connectivity index (χ0n) is 10.9. The molecule has 0 aliphatic heterocycles. The van der Waals surface area contributed by atoms with Crippen molar-refractivity contribution in [2.45, 2.75) is 26.9 Å². The Morgan fingerprint density at radius 2 is 2.00 bits per heavy atom. The number of para-hydroxylation sites is 1. The van der Waals surface area contributed by atoms with Crippen LogP contribution in [0.2, 0.25) is 0 Å². The normalized spacial score (nSPS) is 12.7. The van der Waals surface area contributed by atoms with Crippen LogP contribution in [0.5, 0.6) is 5.75 Å². The number of hydrogen-bond acceptors (Lipinski definition) is 3. The van der Waals surface area contributed by atoms with Crippen LogP contribution in [0.4, 0.5) is 0 Å². The molecule has 0 atom stereocenters. The average Bonchev–Trinajstić information content (AvgIpc) is 2.41. The molecule has 0 aliphatic carbocycles. The maximum Gasteiger partial charge on any atom is 0.132 e. The van der Waals surface area contributed by atoms with Crippen molar-refractivity contribution in [3.05, 3.63) is 53.3 Å². The number of hydrogen-bond donors (Lipinski definition) is 2. The van der Waals surface area contributed by atoms with Crippen molar-refractivity contribution >= 4 is 0 Å². The van der Waals surface area contributed by atoms with E-state index in [1.54, 1.807) is 6.07 Å². The van der Waals surface area contributed by atoms with Gasteiger partial charge in [-0.05, 0) is 31.1 Å². The summed E-state index contributed by atoms with van der Waals surface area (Å²) in [5, 5.41) is 18.6. The first-order valence-corrected chi connectivity index (χ1v) is 6.09. The lowest BCUT2D eigenvalue weighted by molar-refractivity contribution is 0.274. The Hall–Kier alpha value is -1.58. The summed E-state index contributed by atoms with van der Waals surface area (Å²) < 4.78 is 5.79. The van der Waals surface area contributed by atoms with E-state index in [4.69, 9.17) is 4.74 Å². The molecule has 0 saturated heterocycles. The molecule has 1 aromatic carbocycles. The van der Waals surface area contributed by atoms with Crippen molar-refractivity contribution in [3.8, 4) is 5.75 Å². The number of benzene rings is 1. The van der Waals surface area contributed by atoms with Gasteiger partial charge in [-0.3, -0.25) is 0 Å². The average molecular weight is 248 g/mol. The molecule has 0 heterocycles. The fourth-order valence-corrected chi connectivity index (χ4v) is 1.59. The van der Waals surface area contributed by atoms with Crippen molar-refractivity contribution < 1.29 is 14.9 Å². The van der Waals surface area contributed by atoms with E-state index in [1.807, 2.05) is 44.2 Å². The Kier molecular flexibility index (Phi) is 6.19. The monoisotopic (exact) mass is 248 g/mol. The molecular weight excluding hydrogens is 228 g/mol. The third-order valence-corrected chi connectivity index (χ3v) is 2.65. The summed E-state index contributed by atoms with van der Waals surface area (Å²) in [4.78, 5) is 0. The van der Waals surface area contributed by atoms with Gasteiger partial charge >= 0.3 is 0 Å². The predicted molar refractivity (Wildman–Crippen MR) is 72.2 cm³/mol. The van der Waals surface area contributed by atoms with Gasteiger partial charge in [0.2, 0.25) is 0 Å².